The van der Waals surface area contributed by atoms with Crippen molar-refractivity contribution in [3.63, 3.8) is 0 Å². The number of carbonyl (C=O) groups is 3. The molecule has 2 saturated heterocycles. The molecule has 69 heavy (non-hydrogen) atoms. The molecular formula is C49H67N11O8S. The Bertz CT molecular complexity index is 2500. The van der Waals surface area contributed by atoms with Gasteiger partial charge in [-0.1, -0.05) is 45.0 Å². The molecule has 5 aromatic rings. The highest BCUT2D eigenvalue weighted by atomic mass is 32.1. The van der Waals surface area contributed by atoms with Crippen molar-refractivity contribution in [1.29, 1.82) is 0 Å². The number of methoxy groups -OCH3 is 1. The molecule has 3 amide bonds. The van der Waals surface area contributed by atoms with Crippen LogP contribution in [-0.2, 0) is 39.9 Å². The smallest absolute Gasteiger partial charge is 0.246 e. The Kier molecular flexibility index (Phi) is 17.3. The fraction of sp³-hybridized carbons (Fsp3) is 0.551. The Morgan fingerprint density at radius 1 is 0.913 bits per heavy atom. The third-order valence-corrected chi connectivity index (χ3v) is 13.4. The van der Waals surface area contributed by atoms with E-state index in [0.717, 1.165) is 64.5 Å². The van der Waals surface area contributed by atoms with Gasteiger partial charge in [0, 0.05) is 51.5 Å². The van der Waals surface area contributed by atoms with Crippen molar-refractivity contribution in [2.24, 2.45) is 5.41 Å². The summed E-state index contributed by atoms with van der Waals surface area (Å²) in [5.41, 5.74) is 5.68. The van der Waals surface area contributed by atoms with Gasteiger partial charge in [0.1, 0.15) is 48.3 Å². The van der Waals surface area contributed by atoms with Crippen LogP contribution in [0.1, 0.15) is 90.0 Å². The molecule has 1 aromatic carbocycles. The number of aliphatic hydroxyl groups excluding tert-OH is 1. The van der Waals surface area contributed by atoms with E-state index in [9.17, 15) is 19.5 Å². The summed E-state index contributed by atoms with van der Waals surface area (Å²) in [6.07, 6.45) is 4.84. The minimum absolute atomic E-state index is 0.0231. The predicted octanol–water partition coefficient (Wildman–Crippen LogP) is 5.51. The topological polar surface area (TPSA) is 220 Å². The molecule has 20 heteroatoms. The summed E-state index contributed by atoms with van der Waals surface area (Å²) in [5, 5.41) is 19.8. The lowest BCUT2D eigenvalue weighted by Gasteiger charge is -2.35. The van der Waals surface area contributed by atoms with Gasteiger partial charge in [0.2, 0.25) is 23.7 Å². The molecule has 4 atom stereocenters. The van der Waals surface area contributed by atoms with Gasteiger partial charge >= 0.3 is 0 Å². The molecule has 0 radical (unpaired) electrons. The normalized spacial score (nSPS) is 17.7. The third-order valence-electron chi connectivity index (χ3n) is 12.4. The molecule has 4 N–H and O–H groups in total. The van der Waals surface area contributed by atoms with Gasteiger partial charge in [-0.3, -0.25) is 14.4 Å². The summed E-state index contributed by atoms with van der Waals surface area (Å²) >= 11 is 1.57. The van der Waals surface area contributed by atoms with Gasteiger partial charge < -0.3 is 54.4 Å². The first-order valence-electron chi connectivity index (χ1n) is 23.7. The molecule has 0 spiro atoms. The van der Waals surface area contributed by atoms with E-state index in [-0.39, 0.29) is 63.5 Å². The molecule has 6 heterocycles. The maximum absolute atomic E-state index is 14.1. The second kappa shape index (κ2) is 23.3. The lowest BCUT2D eigenvalue weighted by atomic mass is 9.85. The number of aryl methyl sites for hydroxylation is 1. The van der Waals surface area contributed by atoms with Crippen LogP contribution < -0.4 is 20.9 Å². The van der Waals surface area contributed by atoms with Crippen molar-refractivity contribution in [2.45, 2.75) is 111 Å². The number of benzene rings is 1. The quantitative estimate of drug-likeness (QED) is 0.0666. The van der Waals surface area contributed by atoms with Crippen molar-refractivity contribution in [3.8, 4) is 10.4 Å². The number of carbonyl (C=O) groups excluding carboxylic acids is 3. The van der Waals surface area contributed by atoms with E-state index in [1.165, 1.54) is 4.90 Å². The number of β-amino-alcohol motifs (C(OH)–C–C–N with tert-alkyl or cyclic N) is 1. The Labute approximate surface area is 407 Å². The molecule has 0 unspecified atom stereocenters. The van der Waals surface area contributed by atoms with Crippen molar-refractivity contribution in [1.82, 2.24) is 45.0 Å². The van der Waals surface area contributed by atoms with Crippen molar-refractivity contribution < 1.29 is 38.4 Å². The first-order chi connectivity index (χ1) is 33.1. The zero-order valence-electron chi connectivity index (χ0n) is 40.9. The Balaban J connectivity index is 0.827. The van der Waals surface area contributed by atoms with Crippen LogP contribution in [0.3, 0.4) is 0 Å². The number of nitrogens with zero attached hydrogens (tertiary/aromatic N) is 8. The summed E-state index contributed by atoms with van der Waals surface area (Å²) in [6.45, 7) is 16.1. The number of nitrogens with one attached hydrogen (secondary N) is 3. The highest BCUT2D eigenvalue weighted by Gasteiger charge is 2.44. The molecule has 4 aromatic heterocycles. The molecular weight excluding hydrogens is 903 g/mol. The number of hydrogen-bond acceptors (Lipinski definition) is 16. The van der Waals surface area contributed by atoms with Crippen LogP contribution >= 0.6 is 11.3 Å². The average molecular weight is 970 g/mol. The lowest BCUT2D eigenvalue weighted by Crippen LogP contribution is -2.58. The number of pyridine rings is 1. The number of anilines is 3. The molecule has 19 nitrogen and oxygen atoms in total. The number of aromatic nitrogens is 6. The monoisotopic (exact) mass is 969 g/mol. The van der Waals surface area contributed by atoms with E-state index in [4.69, 9.17) is 28.9 Å². The lowest BCUT2D eigenvalue weighted by molar-refractivity contribution is -0.144. The van der Waals surface area contributed by atoms with Crippen LogP contribution in [0.15, 0.2) is 54.3 Å². The van der Waals surface area contributed by atoms with Gasteiger partial charge in [0.05, 0.1) is 72.5 Å². The number of hydrogen-bond donors (Lipinski definition) is 4. The largest absolute Gasteiger partial charge is 0.391 e. The Hall–Kier alpha value is -5.64. The van der Waals surface area contributed by atoms with E-state index in [2.05, 4.69) is 54.2 Å². The van der Waals surface area contributed by atoms with E-state index >= 15 is 0 Å². The van der Waals surface area contributed by atoms with Crippen molar-refractivity contribution >= 4 is 57.7 Å². The van der Waals surface area contributed by atoms with E-state index in [1.54, 1.807) is 30.8 Å². The minimum atomic E-state index is -0.977. The number of amides is 3. The first kappa shape index (κ1) is 51.2. The van der Waals surface area contributed by atoms with Gasteiger partial charge in [-0.15, -0.1) is 11.3 Å². The summed E-state index contributed by atoms with van der Waals surface area (Å²) in [6, 6.07) is 9.59. The summed E-state index contributed by atoms with van der Waals surface area (Å²) in [4.78, 5) is 68.5. The standard InChI is InChI=1S/C49H67N11O8S/c1-30(2)60-38-24-41(55-40-13-16-50-48(56-40)58-17-14-36(65-8)15-18-58)51-25-37(38)54-42(60)27-67-21-19-66-20-22-68-28-43(62)57-45(49(5,6)7)47(64)59-26-35(61)23-39(59)46(63)53-31(3)33-9-11-34(12-10-33)44-32(4)52-29-69-44/h9-13,16,24-25,29-31,35-36,39,45,61H,14-15,17-23,26-28H2,1-8H3,(H,53,63)(H,57,62)(H,50,51,55,56)/t31-,35-,39+,45+/m0/s1. The number of thiazole rings is 1. The van der Waals surface area contributed by atoms with E-state index in [0.29, 0.717) is 30.8 Å². The number of aliphatic hydroxyl groups is 1. The second-order valence-corrected chi connectivity index (χ2v) is 19.8. The van der Waals surface area contributed by atoms with Gasteiger partial charge in [-0.05, 0) is 63.1 Å². The fourth-order valence-electron chi connectivity index (χ4n) is 8.67. The van der Waals surface area contributed by atoms with Gasteiger partial charge in [0.15, 0.2) is 0 Å². The van der Waals surface area contributed by atoms with Gasteiger partial charge in [-0.2, -0.15) is 4.98 Å². The van der Waals surface area contributed by atoms with Crippen LogP contribution in [0.5, 0.6) is 0 Å². The summed E-state index contributed by atoms with van der Waals surface area (Å²) in [5.74, 6) is 1.42. The van der Waals surface area contributed by atoms with Crippen LogP contribution in [0, 0.1) is 12.3 Å². The predicted molar refractivity (Wildman–Crippen MR) is 263 cm³/mol. The summed E-state index contributed by atoms with van der Waals surface area (Å²) < 4.78 is 24.9. The second-order valence-electron chi connectivity index (χ2n) is 18.9. The zero-order valence-corrected chi connectivity index (χ0v) is 41.8. The number of piperidine rings is 1. The Morgan fingerprint density at radius 2 is 1.64 bits per heavy atom. The van der Waals surface area contributed by atoms with E-state index in [1.807, 2.05) is 76.5 Å². The zero-order chi connectivity index (χ0) is 49.2. The number of ether oxygens (including phenoxy) is 4. The molecule has 0 aliphatic carbocycles. The number of rotatable bonds is 21. The molecule has 2 aliphatic rings. The van der Waals surface area contributed by atoms with Crippen LogP contribution in [-0.4, -0.2) is 141 Å². The summed E-state index contributed by atoms with van der Waals surface area (Å²) in [7, 11) is 1.76. The number of imidazole rings is 1. The van der Waals surface area contributed by atoms with Crippen LogP contribution in [0.2, 0.25) is 0 Å². The SMILES string of the molecule is COC1CCN(c2nccc(Nc3cc4c(cn3)nc(COCCOCCOCC(=O)N[C@H](C(=O)N3C[C@@H](O)C[C@@H]3C(=O)N[C@@H](C)c3ccc(-c5scnc5C)cc3)C(C)(C)C)n4C(C)C)n2)CC1. The molecule has 0 bridgehead atoms. The highest BCUT2D eigenvalue weighted by Crippen LogP contribution is 2.30. The molecule has 2 fully saturated rings. The first-order valence-corrected chi connectivity index (χ1v) is 24.5. The van der Waals surface area contributed by atoms with Crippen molar-refractivity contribution in [2.75, 3.05) is 70.0 Å². The van der Waals surface area contributed by atoms with Gasteiger partial charge in [0.25, 0.3) is 0 Å². The molecule has 2 aliphatic heterocycles. The van der Waals surface area contributed by atoms with Gasteiger partial charge in [-0.25, -0.2) is 19.9 Å². The molecule has 0 saturated carbocycles. The number of likely N-dealkylation sites (tertiary alicyclic amines) is 1. The fourth-order valence-corrected chi connectivity index (χ4v) is 9.48. The maximum Gasteiger partial charge on any atom is 0.246 e. The minimum Gasteiger partial charge on any atom is -0.391 e. The average Bonchev–Trinajstić information content (AvgIpc) is 4.05. The Morgan fingerprint density at radius 3 is 2.32 bits per heavy atom. The number of fused-ring (bicyclic) bond motifs is 1. The van der Waals surface area contributed by atoms with Crippen LogP contribution in [0.25, 0.3) is 21.5 Å². The van der Waals surface area contributed by atoms with Crippen molar-refractivity contribution in [3.05, 3.63) is 71.4 Å². The maximum atomic E-state index is 14.1. The molecule has 7 rings (SSSR count). The molecule has 372 valence electrons. The van der Waals surface area contributed by atoms with E-state index < -0.39 is 35.4 Å². The third kappa shape index (κ3) is 13.2. The van der Waals surface area contributed by atoms with Crippen LogP contribution in [0.4, 0.5) is 17.6 Å². The highest BCUT2D eigenvalue weighted by molar-refractivity contribution is 7.13.